The van der Waals surface area contributed by atoms with E-state index in [4.69, 9.17) is 0 Å². The number of hydrogen-bond donors (Lipinski definition) is 2. The molecule has 1 aromatic carbocycles. The van der Waals surface area contributed by atoms with Crippen LogP contribution in [0.25, 0.3) is 0 Å². The number of carbonyl (C=O) groups excluding carboxylic acids is 1. The molecular formula is C15H20BrN3O. The molecule has 1 aromatic rings. The second-order valence-corrected chi connectivity index (χ2v) is 6.73. The van der Waals surface area contributed by atoms with E-state index in [0.717, 1.165) is 29.8 Å². The van der Waals surface area contributed by atoms with Gasteiger partial charge < -0.3 is 10.6 Å². The Morgan fingerprint density at radius 1 is 1.50 bits per heavy atom. The predicted molar refractivity (Wildman–Crippen MR) is 83.7 cm³/mol. The van der Waals surface area contributed by atoms with Gasteiger partial charge in [-0.1, -0.05) is 22.0 Å². The molecule has 2 heterocycles. The number of benzene rings is 1. The Hall–Kier alpha value is -0.910. The summed E-state index contributed by atoms with van der Waals surface area (Å²) in [5.41, 5.74) is 0.845. The molecule has 2 aliphatic rings. The first-order valence-electron chi connectivity index (χ1n) is 7.13. The van der Waals surface area contributed by atoms with E-state index in [-0.39, 0.29) is 5.91 Å². The molecule has 108 valence electrons. The number of carbonyl (C=O) groups is 1. The van der Waals surface area contributed by atoms with E-state index >= 15 is 0 Å². The third kappa shape index (κ3) is 2.90. The van der Waals surface area contributed by atoms with Crippen LogP contribution in [0.15, 0.2) is 28.7 Å². The van der Waals surface area contributed by atoms with Gasteiger partial charge in [-0.05, 0) is 50.0 Å². The largest absolute Gasteiger partial charge is 0.325 e. The average Bonchev–Trinajstić information content (AvgIpc) is 2.94. The Kier molecular flexibility index (Phi) is 4.10. The SMILES string of the molecule is CC1C2CNCC2CN1CC(=O)Nc1cccc(Br)c1. The van der Waals surface area contributed by atoms with Crippen molar-refractivity contribution >= 4 is 27.5 Å². The number of amides is 1. The van der Waals surface area contributed by atoms with Gasteiger partial charge in [0.05, 0.1) is 6.54 Å². The molecule has 2 aliphatic heterocycles. The normalized spacial score (nSPS) is 29.4. The Morgan fingerprint density at radius 2 is 2.35 bits per heavy atom. The zero-order chi connectivity index (χ0) is 14.1. The summed E-state index contributed by atoms with van der Waals surface area (Å²) in [7, 11) is 0. The fourth-order valence-electron chi connectivity index (χ4n) is 3.42. The van der Waals surface area contributed by atoms with Gasteiger partial charge >= 0.3 is 0 Å². The Balaban J connectivity index is 1.57. The van der Waals surface area contributed by atoms with Crippen LogP contribution in [-0.2, 0) is 4.79 Å². The van der Waals surface area contributed by atoms with Crippen LogP contribution < -0.4 is 10.6 Å². The number of anilines is 1. The number of fused-ring (bicyclic) bond motifs is 1. The van der Waals surface area contributed by atoms with Crippen molar-refractivity contribution in [3.63, 3.8) is 0 Å². The summed E-state index contributed by atoms with van der Waals surface area (Å²) in [6.45, 7) is 5.95. The highest BCUT2D eigenvalue weighted by Crippen LogP contribution is 2.31. The summed E-state index contributed by atoms with van der Waals surface area (Å²) in [5, 5.41) is 6.41. The van der Waals surface area contributed by atoms with Gasteiger partial charge in [-0.2, -0.15) is 0 Å². The lowest BCUT2D eigenvalue weighted by Crippen LogP contribution is -2.38. The van der Waals surface area contributed by atoms with E-state index < -0.39 is 0 Å². The molecule has 2 saturated heterocycles. The maximum atomic E-state index is 12.2. The smallest absolute Gasteiger partial charge is 0.238 e. The number of hydrogen-bond acceptors (Lipinski definition) is 3. The molecule has 0 saturated carbocycles. The highest BCUT2D eigenvalue weighted by atomic mass is 79.9. The first-order valence-corrected chi connectivity index (χ1v) is 7.93. The molecule has 0 bridgehead atoms. The number of likely N-dealkylation sites (tertiary alicyclic amines) is 1. The van der Waals surface area contributed by atoms with Crippen LogP contribution in [0.5, 0.6) is 0 Å². The first-order chi connectivity index (χ1) is 9.63. The minimum absolute atomic E-state index is 0.0721. The average molecular weight is 338 g/mol. The molecular weight excluding hydrogens is 318 g/mol. The molecule has 5 heteroatoms. The molecule has 2 N–H and O–H groups in total. The number of nitrogens with one attached hydrogen (secondary N) is 2. The lowest BCUT2D eigenvalue weighted by molar-refractivity contribution is -0.117. The van der Waals surface area contributed by atoms with Gasteiger partial charge in [0.2, 0.25) is 5.91 Å². The quantitative estimate of drug-likeness (QED) is 0.885. The molecule has 0 radical (unpaired) electrons. The van der Waals surface area contributed by atoms with Gasteiger partial charge in [0.15, 0.2) is 0 Å². The van der Waals surface area contributed by atoms with E-state index in [1.165, 1.54) is 0 Å². The highest BCUT2D eigenvalue weighted by molar-refractivity contribution is 9.10. The number of halogens is 1. The maximum Gasteiger partial charge on any atom is 0.238 e. The number of rotatable bonds is 3. The molecule has 3 unspecified atom stereocenters. The monoisotopic (exact) mass is 337 g/mol. The Bertz CT molecular complexity index is 508. The summed E-state index contributed by atoms with van der Waals surface area (Å²) in [6, 6.07) is 8.20. The van der Waals surface area contributed by atoms with E-state index in [9.17, 15) is 4.79 Å². The third-order valence-electron chi connectivity index (χ3n) is 4.51. The lowest BCUT2D eigenvalue weighted by atomic mass is 9.95. The second kappa shape index (κ2) is 5.84. The highest BCUT2D eigenvalue weighted by Gasteiger charge is 2.42. The fraction of sp³-hybridized carbons (Fsp3) is 0.533. The van der Waals surface area contributed by atoms with Crippen molar-refractivity contribution in [3.8, 4) is 0 Å². The first kappa shape index (κ1) is 14.0. The fourth-order valence-corrected chi connectivity index (χ4v) is 3.82. The van der Waals surface area contributed by atoms with E-state index in [1.54, 1.807) is 0 Å². The zero-order valence-corrected chi connectivity index (χ0v) is 13.2. The maximum absolute atomic E-state index is 12.2. The molecule has 0 spiro atoms. The van der Waals surface area contributed by atoms with E-state index in [0.29, 0.717) is 24.4 Å². The molecule has 4 nitrogen and oxygen atoms in total. The zero-order valence-electron chi connectivity index (χ0n) is 11.6. The van der Waals surface area contributed by atoms with Crippen molar-refractivity contribution in [3.05, 3.63) is 28.7 Å². The van der Waals surface area contributed by atoms with Crippen LogP contribution in [0, 0.1) is 11.8 Å². The molecule has 3 rings (SSSR count). The van der Waals surface area contributed by atoms with Crippen molar-refractivity contribution in [1.29, 1.82) is 0 Å². The molecule has 2 fully saturated rings. The van der Waals surface area contributed by atoms with Crippen molar-refractivity contribution in [2.75, 3.05) is 31.5 Å². The molecule has 0 aromatic heterocycles. The summed E-state index contributed by atoms with van der Waals surface area (Å²) in [4.78, 5) is 14.5. The Labute approximate surface area is 128 Å². The van der Waals surface area contributed by atoms with Crippen LogP contribution in [0.4, 0.5) is 5.69 Å². The van der Waals surface area contributed by atoms with Crippen LogP contribution in [0.3, 0.4) is 0 Å². The third-order valence-corrected chi connectivity index (χ3v) is 5.01. The summed E-state index contributed by atoms with van der Waals surface area (Å²) < 4.78 is 0.977. The minimum atomic E-state index is 0.0721. The molecule has 0 aliphatic carbocycles. The summed E-state index contributed by atoms with van der Waals surface area (Å²) >= 11 is 3.41. The van der Waals surface area contributed by atoms with Gasteiger partial charge in [0.25, 0.3) is 0 Å². The molecule has 1 amide bonds. The number of nitrogens with zero attached hydrogens (tertiary/aromatic N) is 1. The van der Waals surface area contributed by atoms with E-state index in [2.05, 4.69) is 38.4 Å². The van der Waals surface area contributed by atoms with Crippen LogP contribution in [0.2, 0.25) is 0 Å². The standard InChI is InChI=1S/C15H20BrN3O/c1-10-14-7-17-6-11(14)8-19(10)9-15(20)18-13-4-2-3-12(16)5-13/h2-5,10-11,14,17H,6-9H2,1H3,(H,18,20). The molecule has 20 heavy (non-hydrogen) atoms. The van der Waals surface area contributed by atoms with Crippen LogP contribution in [0.1, 0.15) is 6.92 Å². The van der Waals surface area contributed by atoms with Crippen molar-refractivity contribution in [1.82, 2.24) is 10.2 Å². The van der Waals surface area contributed by atoms with Gasteiger partial charge in [0.1, 0.15) is 0 Å². The van der Waals surface area contributed by atoms with Crippen molar-refractivity contribution < 1.29 is 4.79 Å². The topological polar surface area (TPSA) is 44.4 Å². The lowest BCUT2D eigenvalue weighted by Gasteiger charge is -2.23. The predicted octanol–water partition coefficient (Wildman–Crippen LogP) is 1.93. The van der Waals surface area contributed by atoms with Gasteiger partial charge in [-0.3, -0.25) is 9.69 Å². The second-order valence-electron chi connectivity index (χ2n) is 5.81. The van der Waals surface area contributed by atoms with Crippen LogP contribution in [-0.4, -0.2) is 43.0 Å². The Morgan fingerprint density at radius 3 is 3.10 bits per heavy atom. The van der Waals surface area contributed by atoms with Crippen molar-refractivity contribution in [2.24, 2.45) is 11.8 Å². The molecule has 3 atom stereocenters. The minimum Gasteiger partial charge on any atom is -0.325 e. The van der Waals surface area contributed by atoms with Crippen LogP contribution >= 0.6 is 15.9 Å². The van der Waals surface area contributed by atoms with E-state index in [1.807, 2.05) is 24.3 Å². The summed E-state index contributed by atoms with van der Waals surface area (Å²) in [6.07, 6.45) is 0. The van der Waals surface area contributed by atoms with Crippen molar-refractivity contribution in [2.45, 2.75) is 13.0 Å². The van der Waals surface area contributed by atoms with Gasteiger partial charge in [-0.15, -0.1) is 0 Å². The van der Waals surface area contributed by atoms with Gasteiger partial charge in [0, 0.05) is 22.7 Å². The summed E-state index contributed by atoms with van der Waals surface area (Å²) in [5.74, 6) is 1.49. The van der Waals surface area contributed by atoms with Gasteiger partial charge in [-0.25, -0.2) is 0 Å².